The molecular weight excluding hydrogens is 243 g/mol. The van der Waals surface area contributed by atoms with E-state index in [1.54, 1.807) is 6.07 Å². The Bertz CT molecular complexity index is 503. The first-order chi connectivity index (χ1) is 7.58. The molecule has 0 radical (unpaired) electrons. The van der Waals surface area contributed by atoms with Gasteiger partial charge in [0.25, 0.3) is 0 Å². The first-order valence-corrected chi connectivity index (χ1v) is 5.84. The van der Waals surface area contributed by atoms with Crippen molar-refractivity contribution in [1.29, 1.82) is 0 Å². The van der Waals surface area contributed by atoms with Gasteiger partial charge in [-0.25, -0.2) is 0 Å². The van der Waals surface area contributed by atoms with E-state index in [2.05, 4.69) is 24.0 Å². The number of rotatable bonds is 2. The molecule has 2 rings (SSSR count). The van der Waals surface area contributed by atoms with Crippen molar-refractivity contribution in [3.05, 3.63) is 40.0 Å². The summed E-state index contributed by atoms with van der Waals surface area (Å²) in [5.74, 6) is 0.423. The highest BCUT2D eigenvalue weighted by atomic mass is 35.5. The van der Waals surface area contributed by atoms with Crippen LogP contribution in [-0.2, 0) is 0 Å². The number of hydrogen-bond acceptors (Lipinski definition) is 1. The van der Waals surface area contributed by atoms with Crippen LogP contribution in [0.5, 0.6) is 0 Å². The molecule has 0 atom stereocenters. The molecule has 0 spiro atoms. The van der Waals surface area contributed by atoms with E-state index in [-0.39, 0.29) is 0 Å². The Morgan fingerprint density at radius 2 is 1.94 bits per heavy atom. The molecule has 84 valence electrons. The third-order valence-electron chi connectivity index (χ3n) is 2.43. The van der Waals surface area contributed by atoms with Crippen molar-refractivity contribution >= 4 is 23.2 Å². The first-order valence-electron chi connectivity index (χ1n) is 5.08. The van der Waals surface area contributed by atoms with Gasteiger partial charge in [-0.05, 0) is 30.2 Å². The van der Waals surface area contributed by atoms with E-state index in [4.69, 9.17) is 23.2 Å². The van der Waals surface area contributed by atoms with E-state index >= 15 is 0 Å². The lowest BCUT2D eigenvalue weighted by molar-refractivity contribution is 0.811. The number of nitrogens with zero attached hydrogens (tertiary/aromatic N) is 1. The molecule has 1 heterocycles. The van der Waals surface area contributed by atoms with Crippen molar-refractivity contribution in [3.63, 3.8) is 0 Å². The van der Waals surface area contributed by atoms with Gasteiger partial charge in [-0.2, -0.15) is 5.10 Å². The van der Waals surface area contributed by atoms with Gasteiger partial charge in [-0.15, -0.1) is 0 Å². The Morgan fingerprint density at radius 3 is 2.50 bits per heavy atom. The Hall–Kier alpha value is -0.990. The fraction of sp³-hybridized carbons (Fsp3) is 0.250. The third-order valence-corrected chi connectivity index (χ3v) is 2.97. The molecule has 1 aromatic heterocycles. The quantitative estimate of drug-likeness (QED) is 0.840. The average molecular weight is 255 g/mol. The standard InChI is InChI=1S/C12H12Cl2N2/c1-7(2)11-6-12(16-15-11)9-4-3-8(13)5-10(9)14/h3-7H,1-2H3,(H,15,16). The third kappa shape index (κ3) is 2.23. The largest absolute Gasteiger partial charge is 0.282 e. The zero-order chi connectivity index (χ0) is 11.7. The Morgan fingerprint density at radius 1 is 1.19 bits per heavy atom. The van der Waals surface area contributed by atoms with Crippen LogP contribution in [0.1, 0.15) is 25.5 Å². The second kappa shape index (κ2) is 4.48. The summed E-state index contributed by atoms with van der Waals surface area (Å²) in [7, 11) is 0. The number of benzene rings is 1. The molecule has 4 heteroatoms. The van der Waals surface area contributed by atoms with E-state index in [1.807, 2.05) is 18.2 Å². The lowest BCUT2D eigenvalue weighted by atomic mass is 10.1. The Balaban J connectivity index is 2.42. The van der Waals surface area contributed by atoms with Crippen LogP contribution in [0.25, 0.3) is 11.3 Å². The zero-order valence-electron chi connectivity index (χ0n) is 9.09. The van der Waals surface area contributed by atoms with E-state index in [1.165, 1.54) is 0 Å². The molecule has 0 aliphatic carbocycles. The number of aromatic nitrogens is 2. The highest BCUT2D eigenvalue weighted by Gasteiger charge is 2.09. The summed E-state index contributed by atoms with van der Waals surface area (Å²) in [5.41, 5.74) is 2.85. The van der Waals surface area contributed by atoms with E-state index in [9.17, 15) is 0 Å². The maximum absolute atomic E-state index is 6.11. The molecule has 0 fully saturated rings. The SMILES string of the molecule is CC(C)c1cc(-c2ccc(Cl)cc2Cl)n[nH]1. The van der Waals surface area contributed by atoms with Gasteiger partial charge in [-0.3, -0.25) is 5.10 Å². The predicted molar refractivity (Wildman–Crippen MR) is 68.1 cm³/mol. The van der Waals surface area contributed by atoms with Crippen molar-refractivity contribution in [2.45, 2.75) is 19.8 Å². The van der Waals surface area contributed by atoms with Gasteiger partial charge in [-0.1, -0.05) is 37.0 Å². The van der Waals surface area contributed by atoms with Crippen LogP contribution >= 0.6 is 23.2 Å². The van der Waals surface area contributed by atoms with E-state index in [0.29, 0.717) is 16.0 Å². The highest BCUT2D eigenvalue weighted by Crippen LogP contribution is 2.30. The molecule has 0 amide bonds. The smallest absolute Gasteiger partial charge is 0.0938 e. The summed E-state index contributed by atoms with van der Waals surface area (Å²) in [6.07, 6.45) is 0. The molecule has 1 N–H and O–H groups in total. The van der Waals surface area contributed by atoms with Crippen LogP contribution < -0.4 is 0 Å². The van der Waals surface area contributed by atoms with Gasteiger partial charge in [0.15, 0.2) is 0 Å². The summed E-state index contributed by atoms with van der Waals surface area (Å²) < 4.78 is 0. The van der Waals surface area contributed by atoms with Crippen molar-refractivity contribution in [1.82, 2.24) is 10.2 Å². The molecule has 0 saturated carbocycles. The minimum Gasteiger partial charge on any atom is -0.282 e. The Kier molecular flexibility index (Phi) is 3.22. The number of aromatic amines is 1. The van der Waals surface area contributed by atoms with E-state index in [0.717, 1.165) is 17.0 Å². The van der Waals surface area contributed by atoms with Crippen LogP contribution in [0.15, 0.2) is 24.3 Å². The van der Waals surface area contributed by atoms with Crippen molar-refractivity contribution < 1.29 is 0 Å². The van der Waals surface area contributed by atoms with Crippen molar-refractivity contribution in [2.75, 3.05) is 0 Å². The summed E-state index contributed by atoms with van der Waals surface area (Å²) in [4.78, 5) is 0. The van der Waals surface area contributed by atoms with Crippen LogP contribution in [0, 0.1) is 0 Å². The monoisotopic (exact) mass is 254 g/mol. The molecule has 2 aromatic rings. The molecular formula is C12H12Cl2N2. The molecule has 0 aliphatic heterocycles. The van der Waals surface area contributed by atoms with Gasteiger partial charge in [0, 0.05) is 16.3 Å². The molecule has 0 unspecified atom stereocenters. The lowest BCUT2D eigenvalue weighted by Crippen LogP contribution is -1.85. The van der Waals surface area contributed by atoms with Gasteiger partial charge >= 0.3 is 0 Å². The first kappa shape index (κ1) is 11.5. The summed E-state index contributed by atoms with van der Waals surface area (Å²) in [6, 6.07) is 7.43. The fourth-order valence-corrected chi connectivity index (χ4v) is 1.97. The van der Waals surface area contributed by atoms with Crippen molar-refractivity contribution in [3.8, 4) is 11.3 Å². The average Bonchev–Trinajstić information content (AvgIpc) is 2.66. The van der Waals surface area contributed by atoms with Gasteiger partial charge in [0.05, 0.1) is 10.7 Å². The maximum Gasteiger partial charge on any atom is 0.0938 e. The minimum absolute atomic E-state index is 0.423. The maximum atomic E-state index is 6.11. The number of halogens is 2. The summed E-state index contributed by atoms with van der Waals surface area (Å²) >= 11 is 12.0. The van der Waals surface area contributed by atoms with Crippen LogP contribution in [0.4, 0.5) is 0 Å². The zero-order valence-corrected chi connectivity index (χ0v) is 10.6. The molecule has 0 aliphatic rings. The molecule has 1 aromatic carbocycles. The number of hydrogen-bond donors (Lipinski definition) is 1. The molecule has 2 nitrogen and oxygen atoms in total. The molecule has 0 bridgehead atoms. The van der Waals surface area contributed by atoms with Crippen LogP contribution in [-0.4, -0.2) is 10.2 Å². The number of H-pyrrole nitrogens is 1. The fourth-order valence-electron chi connectivity index (χ4n) is 1.47. The second-order valence-electron chi connectivity index (χ2n) is 3.99. The van der Waals surface area contributed by atoms with Crippen molar-refractivity contribution in [2.24, 2.45) is 0 Å². The topological polar surface area (TPSA) is 28.7 Å². The predicted octanol–water partition coefficient (Wildman–Crippen LogP) is 4.51. The summed E-state index contributed by atoms with van der Waals surface area (Å²) in [6.45, 7) is 4.22. The van der Waals surface area contributed by atoms with Crippen LogP contribution in [0.2, 0.25) is 10.0 Å². The lowest BCUT2D eigenvalue weighted by Gasteiger charge is -2.00. The normalized spacial score (nSPS) is 11.1. The molecule has 16 heavy (non-hydrogen) atoms. The second-order valence-corrected chi connectivity index (χ2v) is 4.83. The van der Waals surface area contributed by atoms with Gasteiger partial charge in [0.2, 0.25) is 0 Å². The van der Waals surface area contributed by atoms with E-state index < -0.39 is 0 Å². The highest BCUT2D eigenvalue weighted by molar-refractivity contribution is 6.36. The number of nitrogens with one attached hydrogen (secondary N) is 1. The van der Waals surface area contributed by atoms with Crippen LogP contribution in [0.3, 0.4) is 0 Å². The Labute approximate surface area is 105 Å². The summed E-state index contributed by atoms with van der Waals surface area (Å²) in [5, 5.41) is 8.50. The van der Waals surface area contributed by atoms with Gasteiger partial charge in [0.1, 0.15) is 0 Å². The molecule has 0 saturated heterocycles. The minimum atomic E-state index is 0.423. The van der Waals surface area contributed by atoms with Gasteiger partial charge < -0.3 is 0 Å².